The van der Waals surface area contributed by atoms with E-state index >= 15 is 0 Å². The number of hydrogen-bond acceptors (Lipinski definition) is 4. The van der Waals surface area contributed by atoms with Crippen molar-refractivity contribution in [2.75, 3.05) is 3.53 Å². The molecular formula is C7H4ClF3INO3S. The van der Waals surface area contributed by atoms with Crippen molar-refractivity contribution in [2.24, 2.45) is 0 Å². The standard InChI is InChI=1S/C7H4ClF3INO3S/c8-4-1-5(13-12)3-6(2-4)16-17(14,15)7(9,10)11/h1-3,13H. The predicted octanol–water partition coefficient (Wildman–Crippen LogP) is 3.33. The summed E-state index contributed by atoms with van der Waals surface area (Å²) in [4.78, 5) is 0. The molecule has 0 spiro atoms. The van der Waals surface area contributed by atoms with Crippen LogP contribution in [0.15, 0.2) is 18.2 Å². The van der Waals surface area contributed by atoms with Gasteiger partial charge >= 0.3 is 15.6 Å². The molecule has 96 valence electrons. The summed E-state index contributed by atoms with van der Waals surface area (Å²) < 4.78 is 64.0. The minimum absolute atomic E-state index is 0.0408. The normalized spacial score (nSPS) is 12.3. The third-order valence-corrected chi connectivity index (χ3v) is 3.29. The fourth-order valence-corrected chi connectivity index (χ4v) is 1.82. The third kappa shape index (κ3) is 3.78. The van der Waals surface area contributed by atoms with Gasteiger partial charge in [0.25, 0.3) is 0 Å². The van der Waals surface area contributed by atoms with Gasteiger partial charge in [-0.25, -0.2) is 0 Å². The lowest BCUT2D eigenvalue weighted by atomic mass is 10.3. The molecule has 0 aromatic heterocycles. The number of anilines is 1. The summed E-state index contributed by atoms with van der Waals surface area (Å²) in [7, 11) is -5.68. The highest BCUT2D eigenvalue weighted by molar-refractivity contribution is 14.1. The van der Waals surface area contributed by atoms with E-state index in [1.165, 1.54) is 6.07 Å². The van der Waals surface area contributed by atoms with Crippen molar-refractivity contribution in [1.82, 2.24) is 0 Å². The number of nitrogens with one attached hydrogen (secondary N) is 1. The van der Waals surface area contributed by atoms with Crippen molar-refractivity contribution in [2.45, 2.75) is 5.51 Å². The smallest absolute Gasteiger partial charge is 0.376 e. The monoisotopic (exact) mass is 401 g/mol. The van der Waals surface area contributed by atoms with Gasteiger partial charge in [0, 0.05) is 22.8 Å². The molecule has 0 saturated carbocycles. The van der Waals surface area contributed by atoms with E-state index in [2.05, 4.69) is 7.71 Å². The van der Waals surface area contributed by atoms with E-state index in [4.69, 9.17) is 11.6 Å². The molecule has 0 radical (unpaired) electrons. The summed E-state index contributed by atoms with van der Waals surface area (Å²) in [6.07, 6.45) is 0. The predicted molar refractivity (Wildman–Crippen MR) is 64.7 cm³/mol. The zero-order valence-corrected chi connectivity index (χ0v) is 11.5. The average Bonchev–Trinajstić information content (AvgIpc) is 2.14. The molecule has 0 atom stereocenters. The summed E-state index contributed by atoms with van der Waals surface area (Å²) in [5.41, 5.74) is -5.17. The topological polar surface area (TPSA) is 55.4 Å². The maximum absolute atomic E-state index is 12.0. The molecule has 1 N–H and O–H groups in total. The molecule has 0 saturated heterocycles. The van der Waals surface area contributed by atoms with Crippen LogP contribution in [0.2, 0.25) is 5.02 Å². The van der Waals surface area contributed by atoms with Crippen LogP contribution in [0, 0.1) is 0 Å². The van der Waals surface area contributed by atoms with Crippen LogP contribution in [-0.2, 0) is 10.1 Å². The maximum atomic E-state index is 12.0. The van der Waals surface area contributed by atoms with Gasteiger partial charge in [-0.05, 0) is 6.07 Å². The lowest BCUT2D eigenvalue weighted by Crippen LogP contribution is -2.28. The van der Waals surface area contributed by atoms with Gasteiger partial charge in [-0.3, -0.25) is 0 Å². The number of halogens is 5. The molecule has 0 aliphatic heterocycles. The quantitative estimate of drug-likeness (QED) is 0.365. The van der Waals surface area contributed by atoms with E-state index in [9.17, 15) is 21.6 Å². The lowest BCUT2D eigenvalue weighted by molar-refractivity contribution is -0.0500. The van der Waals surface area contributed by atoms with E-state index in [0.29, 0.717) is 5.69 Å². The van der Waals surface area contributed by atoms with Crippen molar-refractivity contribution in [3.05, 3.63) is 23.2 Å². The van der Waals surface area contributed by atoms with Crippen LogP contribution in [0.1, 0.15) is 0 Å². The summed E-state index contributed by atoms with van der Waals surface area (Å²) in [6.45, 7) is 0. The molecule has 1 aromatic rings. The van der Waals surface area contributed by atoms with Crippen LogP contribution in [0.5, 0.6) is 5.75 Å². The van der Waals surface area contributed by atoms with Crippen LogP contribution in [0.25, 0.3) is 0 Å². The molecule has 17 heavy (non-hydrogen) atoms. The Kier molecular flexibility index (Phi) is 4.36. The van der Waals surface area contributed by atoms with Gasteiger partial charge in [0.05, 0.1) is 22.9 Å². The van der Waals surface area contributed by atoms with Crippen molar-refractivity contribution in [3.8, 4) is 5.75 Å². The van der Waals surface area contributed by atoms with Crippen molar-refractivity contribution in [1.29, 1.82) is 0 Å². The molecule has 10 heteroatoms. The minimum Gasteiger partial charge on any atom is -0.376 e. The van der Waals surface area contributed by atoms with Crippen molar-refractivity contribution < 1.29 is 25.8 Å². The highest BCUT2D eigenvalue weighted by atomic mass is 127. The molecule has 1 rings (SSSR count). The fraction of sp³-hybridized carbons (Fsp3) is 0.143. The van der Waals surface area contributed by atoms with Gasteiger partial charge in [0.1, 0.15) is 5.75 Å². The van der Waals surface area contributed by atoms with E-state index in [1.54, 1.807) is 22.9 Å². The average molecular weight is 402 g/mol. The number of rotatable bonds is 3. The second-order valence-electron chi connectivity index (χ2n) is 2.75. The van der Waals surface area contributed by atoms with Crippen LogP contribution in [0.3, 0.4) is 0 Å². The first-order chi connectivity index (χ1) is 7.65. The number of benzene rings is 1. The first-order valence-corrected chi connectivity index (χ1v) is 6.70. The van der Waals surface area contributed by atoms with Crippen LogP contribution in [-0.4, -0.2) is 13.9 Å². The Morgan fingerprint density at radius 1 is 1.29 bits per heavy atom. The first-order valence-electron chi connectivity index (χ1n) is 3.84. The maximum Gasteiger partial charge on any atom is 0.534 e. The Morgan fingerprint density at radius 3 is 2.35 bits per heavy atom. The largest absolute Gasteiger partial charge is 0.534 e. The summed E-state index contributed by atoms with van der Waals surface area (Å²) in [6, 6.07) is 3.42. The molecule has 0 bridgehead atoms. The highest BCUT2D eigenvalue weighted by Crippen LogP contribution is 2.30. The van der Waals surface area contributed by atoms with Crippen LogP contribution < -0.4 is 7.71 Å². The van der Waals surface area contributed by atoms with Gasteiger partial charge < -0.3 is 7.71 Å². The second kappa shape index (κ2) is 5.06. The Balaban J connectivity index is 3.08. The Hall–Kier alpha value is -0.420. The summed E-state index contributed by atoms with van der Waals surface area (Å²) in [5, 5.41) is 0.0408. The Bertz CT molecular complexity index is 520. The minimum atomic E-state index is -5.68. The van der Waals surface area contributed by atoms with Gasteiger partial charge in [-0.1, -0.05) is 11.6 Å². The molecule has 0 aliphatic carbocycles. The fourth-order valence-electron chi connectivity index (χ4n) is 0.839. The van der Waals surface area contributed by atoms with Crippen LogP contribution in [0.4, 0.5) is 18.9 Å². The van der Waals surface area contributed by atoms with E-state index in [-0.39, 0.29) is 5.02 Å². The van der Waals surface area contributed by atoms with Gasteiger partial charge in [-0.15, -0.1) is 0 Å². The Morgan fingerprint density at radius 2 is 1.88 bits per heavy atom. The van der Waals surface area contributed by atoms with Gasteiger partial charge in [0.2, 0.25) is 0 Å². The van der Waals surface area contributed by atoms with E-state index in [0.717, 1.165) is 12.1 Å². The highest BCUT2D eigenvalue weighted by Gasteiger charge is 2.48. The Labute approximate surface area is 114 Å². The van der Waals surface area contributed by atoms with Crippen molar-refractivity contribution in [3.63, 3.8) is 0 Å². The third-order valence-electron chi connectivity index (χ3n) is 1.47. The molecular weight excluding hydrogens is 397 g/mol. The molecule has 0 fully saturated rings. The molecule has 1 aromatic carbocycles. The first kappa shape index (κ1) is 14.6. The molecule has 0 unspecified atom stereocenters. The van der Waals surface area contributed by atoms with Crippen molar-refractivity contribution >= 4 is 50.3 Å². The zero-order valence-electron chi connectivity index (χ0n) is 7.75. The molecule has 4 nitrogen and oxygen atoms in total. The van der Waals surface area contributed by atoms with Crippen LogP contribution >= 0.6 is 34.5 Å². The summed E-state index contributed by atoms with van der Waals surface area (Å²) in [5.74, 6) is -0.519. The van der Waals surface area contributed by atoms with E-state index < -0.39 is 21.4 Å². The van der Waals surface area contributed by atoms with Gasteiger partial charge in [-0.2, -0.15) is 21.6 Å². The lowest BCUT2D eigenvalue weighted by Gasteiger charge is -2.10. The van der Waals surface area contributed by atoms with E-state index in [1.807, 2.05) is 0 Å². The SMILES string of the molecule is O=S(=O)(Oc1cc(Cl)cc(NI)c1)C(F)(F)F. The number of alkyl halides is 3. The van der Waals surface area contributed by atoms with Gasteiger partial charge in [0.15, 0.2) is 0 Å². The second-order valence-corrected chi connectivity index (χ2v) is 5.27. The zero-order chi connectivity index (χ0) is 13.3. The number of hydrogen-bond donors (Lipinski definition) is 1. The molecule has 0 amide bonds. The molecule has 0 heterocycles. The molecule has 0 aliphatic rings. The summed E-state index contributed by atoms with van der Waals surface area (Å²) >= 11 is 7.28.